The summed E-state index contributed by atoms with van der Waals surface area (Å²) in [5, 5.41) is 6.84. The fraction of sp³-hybridized carbons (Fsp3) is 0.0476. The zero-order valence-corrected chi connectivity index (χ0v) is 14.7. The van der Waals surface area contributed by atoms with Gasteiger partial charge in [-0.15, -0.1) is 0 Å². The van der Waals surface area contributed by atoms with Crippen LogP contribution in [-0.2, 0) is 6.42 Å². The zero-order valence-electron chi connectivity index (χ0n) is 14.7. The number of hydrogen-bond acceptors (Lipinski definition) is 5. The van der Waals surface area contributed by atoms with Crippen molar-refractivity contribution in [3.63, 3.8) is 0 Å². The summed E-state index contributed by atoms with van der Waals surface area (Å²) < 4.78 is 18.4. The van der Waals surface area contributed by atoms with E-state index in [1.165, 1.54) is 24.3 Å². The smallest absolute Gasteiger partial charge is 0.255 e. The summed E-state index contributed by atoms with van der Waals surface area (Å²) in [6, 6.07) is 16.3. The molecule has 2 heterocycles. The first-order chi connectivity index (χ1) is 13.7. The third kappa shape index (κ3) is 3.93. The molecule has 0 radical (unpaired) electrons. The third-order valence-electron chi connectivity index (χ3n) is 4.12. The van der Waals surface area contributed by atoms with Gasteiger partial charge in [-0.05, 0) is 48.0 Å². The maximum atomic E-state index is 13.0. The maximum Gasteiger partial charge on any atom is 0.255 e. The van der Waals surface area contributed by atoms with Gasteiger partial charge in [0.2, 0.25) is 11.7 Å². The molecule has 0 aliphatic rings. The van der Waals surface area contributed by atoms with Crippen LogP contribution in [0.1, 0.15) is 21.8 Å². The van der Waals surface area contributed by atoms with Crippen molar-refractivity contribution in [2.24, 2.45) is 0 Å². The lowest BCUT2D eigenvalue weighted by molar-refractivity contribution is 0.102. The van der Waals surface area contributed by atoms with E-state index in [-0.39, 0.29) is 5.91 Å². The number of halogens is 1. The minimum Gasteiger partial charge on any atom is -0.339 e. The first-order valence-corrected chi connectivity index (χ1v) is 8.57. The maximum absolute atomic E-state index is 13.0. The molecule has 0 unspecified atom stereocenters. The zero-order chi connectivity index (χ0) is 19.3. The van der Waals surface area contributed by atoms with Crippen molar-refractivity contribution >= 4 is 11.6 Å². The number of nitrogens with zero attached hydrogens (tertiary/aromatic N) is 3. The number of benzene rings is 2. The molecule has 4 rings (SSSR count). The summed E-state index contributed by atoms with van der Waals surface area (Å²) in [5.41, 5.74) is 2.63. The van der Waals surface area contributed by atoms with Gasteiger partial charge < -0.3 is 9.84 Å². The Hall–Kier alpha value is -3.87. The summed E-state index contributed by atoms with van der Waals surface area (Å²) in [7, 11) is 0. The summed E-state index contributed by atoms with van der Waals surface area (Å²) >= 11 is 0. The van der Waals surface area contributed by atoms with E-state index < -0.39 is 5.82 Å². The number of amides is 1. The molecule has 7 heteroatoms. The average Bonchev–Trinajstić information content (AvgIpc) is 3.19. The molecule has 0 saturated heterocycles. The molecule has 0 atom stereocenters. The number of carbonyl (C=O) groups excluding carboxylic acids is 1. The van der Waals surface area contributed by atoms with Crippen molar-refractivity contribution in [1.29, 1.82) is 0 Å². The van der Waals surface area contributed by atoms with Gasteiger partial charge in [-0.3, -0.25) is 9.78 Å². The number of aromatic nitrogens is 3. The van der Waals surface area contributed by atoms with Gasteiger partial charge in [0.1, 0.15) is 5.82 Å². The van der Waals surface area contributed by atoms with Crippen molar-refractivity contribution in [2.45, 2.75) is 6.42 Å². The van der Waals surface area contributed by atoms with Crippen LogP contribution in [0, 0.1) is 5.82 Å². The number of para-hydroxylation sites is 1. The highest BCUT2D eigenvalue weighted by Gasteiger charge is 2.13. The summed E-state index contributed by atoms with van der Waals surface area (Å²) in [6.45, 7) is 0. The van der Waals surface area contributed by atoms with E-state index in [1.807, 2.05) is 18.2 Å². The van der Waals surface area contributed by atoms with Gasteiger partial charge in [0.15, 0.2) is 0 Å². The average molecular weight is 374 g/mol. The van der Waals surface area contributed by atoms with Crippen molar-refractivity contribution in [1.82, 2.24) is 15.1 Å². The van der Waals surface area contributed by atoms with Crippen LogP contribution >= 0.6 is 0 Å². The summed E-state index contributed by atoms with van der Waals surface area (Å²) in [4.78, 5) is 20.8. The molecule has 2 aromatic carbocycles. The van der Waals surface area contributed by atoms with E-state index in [2.05, 4.69) is 20.4 Å². The van der Waals surface area contributed by atoms with Gasteiger partial charge in [-0.2, -0.15) is 4.98 Å². The Bertz CT molecular complexity index is 1090. The molecule has 0 fully saturated rings. The fourth-order valence-electron chi connectivity index (χ4n) is 2.70. The molecule has 4 aromatic rings. The minimum atomic E-state index is -0.390. The molecular weight excluding hydrogens is 359 g/mol. The van der Waals surface area contributed by atoms with Gasteiger partial charge in [0.05, 0.1) is 6.42 Å². The van der Waals surface area contributed by atoms with Crippen LogP contribution in [0.4, 0.5) is 10.1 Å². The number of anilines is 1. The second kappa shape index (κ2) is 7.79. The number of pyridine rings is 1. The van der Waals surface area contributed by atoms with Gasteiger partial charge in [0, 0.05) is 29.2 Å². The number of rotatable bonds is 5. The molecule has 0 bridgehead atoms. The standard InChI is InChI=1S/C21H15FN4O2/c22-17-7-5-15(6-8-17)21(27)24-18-4-2-1-3-16(18)13-19-25-20(26-28-19)14-9-11-23-12-10-14/h1-12H,13H2,(H,24,27). The number of nitrogens with one attached hydrogen (secondary N) is 1. The largest absolute Gasteiger partial charge is 0.339 e. The molecule has 138 valence electrons. The van der Waals surface area contributed by atoms with Crippen LogP contribution in [0.15, 0.2) is 77.6 Å². The molecule has 1 N–H and O–H groups in total. The molecule has 0 spiro atoms. The van der Waals surface area contributed by atoms with Crippen molar-refractivity contribution in [3.05, 3.63) is 95.9 Å². The molecule has 2 aromatic heterocycles. The molecule has 0 saturated carbocycles. The lowest BCUT2D eigenvalue weighted by atomic mass is 10.1. The summed E-state index contributed by atoms with van der Waals surface area (Å²) in [6.07, 6.45) is 3.68. The molecular formula is C21H15FN4O2. The monoisotopic (exact) mass is 374 g/mol. The topological polar surface area (TPSA) is 80.9 Å². The normalized spacial score (nSPS) is 10.6. The second-order valence-corrected chi connectivity index (χ2v) is 6.04. The van der Waals surface area contributed by atoms with Crippen LogP contribution in [0.2, 0.25) is 0 Å². The molecule has 0 aliphatic heterocycles. The van der Waals surface area contributed by atoms with Gasteiger partial charge >= 0.3 is 0 Å². The van der Waals surface area contributed by atoms with Crippen LogP contribution in [0.25, 0.3) is 11.4 Å². The highest BCUT2D eigenvalue weighted by molar-refractivity contribution is 6.04. The number of hydrogen-bond donors (Lipinski definition) is 1. The molecule has 28 heavy (non-hydrogen) atoms. The SMILES string of the molecule is O=C(Nc1ccccc1Cc1nc(-c2ccncc2)no1)c1ccc(F)cc1. The lowest BCUT2D eigenvalue weighted by Gasteiger charge is -2.09. The highest BCUT2D eigenvalue weighted by Crippen LogP contribution is 2.21. The van der Waals surface area contributed by atoms with Crippen LogP contribution in [-0.4, -0.2) is 21.0 Å². The van der Waals surface area contributed by atoms with Gasteiger partial charge in [-0.25, -0.2) is 4.39 Å². The second-order valence-electron chi connectivity index (χ2n) is 6.04. The molecule has 1 amide bonds. The Kier molecular flexibility index (Phi) is 4.88. The van der Waals surface area contributed by atoms with Gasteiger partial charge in [-0.1, -0.05) is 23.4 Å². The van der Waals surface area contributed by atoms with Crippen molar-refractivity contribution < 1.29 is 13.7 Å². The summed E-state index contributed by atoms with van der Waals surface area (Å²) in [5.74, 6) is 0.189. The predicted molar refractivity (Wildman–Crippen MR) is 101 cm³/mol. The van der Waals surface area contributed by atoms with E-state index in [1.54, 1.807) is 30.6 Å². The highest BCUT2D eigenvalue weighted by atomic mass is 19.1. The van der Waals surface area contributed by atoms with E-state index in [0.29, 0.717) is 29.4 Å². The van der Waals surface area contributed by atoms with E-state index in [9.17, 15) is 9.18 Å². The first kappa shape index (κ1) is 17.5. The lowest BCUT2D eigenvalue weighted by Crippen LogP contribution is -2.13. The molecule has 6 nitrogen and oxygen atoms in total. The van der Waals surface area contributed by atoms with E-state index >= 15 is 0 Å². The van der Waals surface area contributed by atoms with Crippen molar-refractivity contribution in [2.75, 3.05) is 5.32 Å². The first-order valence-electron chi connectivity index (χ1n) is 8.57. The molecule has 0 aliphatic carbocycles. The third-order valence-corrected chi connectivity index (χ3v) is 4.12. The van der Waals surface area contributed by atoms with Crippen molar-refractivity contribution in [3.8, 4) is 11.4 Å². The number of carbonyl (C=O) groups is 1. The van der Waals surface area contributed by atoms with E-state index in [0.717, 1.165) is 11.1 Å². The Morgan fingerprint density at radius 2 is 1.75 bits per heavy atom. The Balaban J connectivity index is 1.53. The van der Waals surface area contributed by atoms with E-state index in [4.69, 9.17) is 4.52 Å². The Labute approximate surface area is 160 Å². The minimum absolute atomic E-state index is 0.324. The quantitative estimate of drug-likeness (QED) is 0.568. The Morgan fingerprint density at radius 1 is 1.00 bits per heavy atom. The fourth-order valence-corrected chi connectivity index (χ4v) is 2.70. The predicted octanol–water partition coefficient (Wildman–Crippen LogP) is 4.11. The van der Waals surface area contributed by atoms with Gasteiger partial charge in [0.25, 0.3) is 5.91 Å². The van der Waals surface area contributed by atoms with Crippen LogP contribution in [0.3, 0.4) is 0 Å². The van der Waals surface area contributed by atoms with Crippen LogP contribution in [0.5, 0.6) is 0 Å². The Morgan fingerprint density at radius 3 is 2.54 bits per heavy atom. The van der Waals surface area contributed by atoms with Crippen LogP contribution < -0.4 is 5.32 Å².